The average Bonchev–Trinajstić information content (AvgIpc) is 3.31. The Morgan fingerprint density at radius 2 is 1.71 bits per heavy atom. The van der Waals surface area contributed by atoms with Gasteiger partial charge in [0, 0.05) is 35.6 Å². The van der Waals surface area contributed by atoms with Crippen LogP contribution in [0.4, 0.5) is 17.6 Å². The third-order valence-corrected chi connectivity index (χ3v) is 9.01. The van der Waals surface area contributed by atoms with Gasteiger partial charge in [-0.3, -0.25) is 9.69 Å². The van der Waals surface area contributed by atoms with Crippen molar-refractivity contribution in [2.45, 2.75) is 42.7 Å². The molecular formula is C33H31F4N3O. The summed E-state index contributed by atoms with van der Waals surface area (Å²) in [5.41, 5.74) is -0.226. The number of halogens is 4. The lowest BCUT2D eigenvalue weighted by atomic mass is 9.63. The van der Waals surface area contributed by atoms with Crippen LogP contribution in [-0.2, 0) is 22.3 Å². The quantitative estimate of drug-likeness (QED) is 0.215. The van der Waals surface area contributed by atoms with E-state index < -0.39 is 35.1 Å². The minimum Gasteiger partial charge on any atom is -0.356 e. The Morgan fingerprint density at radius 3 is 2.41 bits per heavy atom. The fourth-order valence-corrected chi connectivity index (χ4v) is 7.12. The number of nitrogens with zero attached hydrogens (tertiary/aromatic N) is 2. The summed E-state index contributed by atoms with van der Waals surface area (Å²) in [6.07, 6.45) is 3.00. The van der Waals surface area contributed by atoms with E-state index in [0.717, 1.165) is 11.1 Å². The van der Waals surface area contributed by atoms with E-state index in [1.54, 1.807) is 37.2 Å². The normalized spacial score (nSPS) is 23.9. The molecule has 3 aromatic carbocycles. The molecule has 4 nitrogen and oxygen atoms in total. The summed E-state index contributed by atoms with van der Waals surface area (Å²) in [4.78, 5) is 20.1. The van der Waals surface area contributed by atoms with Crippen LogP contribution in [0.25, 0.3) is 17.0 Å². The molecule has 1 spiro atoms. The van der Waals surface area contributed by atoms with Crippen LogP contribution in [0, 0.1) is 11.6 Å². The van der Waals surface area contributed by atoms with Crippen LogP contribution in [0.1, 0.15) is 41.6 Å². The van der Waals surface area contributed by atoms with E-state index in [0.29, 0.717) is 23.0 Å². The van der Waals surface area contributed by atoms with Crippen molar-refractivity contribution >= 4 is 22.9 Å². The van der Waals surface area contributed by atoms with Crippen LogP contribution in [0.15, 0.2) is 78.9 Å². The monoisotopic (exact) mass is 561 g/mol. The molecule has 2 atom stereocenters. The number of alkyl halides is 2. The largest absolute Gasteiger partial charge is 0.356 e. The van der Waals surface area contributed by atoms with E-state index in [9.17, 15) is 13.6 Å². The highest BCUT2D eigenvalue weighted by molar-refractivity contribution is 5.93. The second-order valence-electron chi connectivity index (χ2n) is 11.3. The zero-order chi connectivity index (χ0) is 29.0. The minimum atomic E-state index is -3.37. The lowest BCUT2D eigenvalue weighted by Crippen LogP contribution is -2.66. The Morgan fingerprint density at radius 1 is 0.951 bits per heavy atom. The van der Waals surface area contributed by atoms with Crippen LogP contribution >= 0.6 is 0 Å². The average molecular weight is 562 g/mol. The second kappa shape index (κ2) is 9.87. The summed E-state index contributed by atoms with van der Waals surface area (Å²) < 4.78 is 62.5. The Balaban J connectivity index is 1.50. The molecule has 2 heterocycles. The van der Waals surface area contributed by atoms with Gasteiger partial charge in [-0.15, -0.1) is 0 Å². The standard InChI is InChI=1S/C33H31F4N3O/c1-39(2)32(23-9-6-10-24(34)19-23)17-16-31(21-33(32,36)37)30-26(27-20-25(35)12-13-28(27)38-30)15-18-40(31)29(41)14-11-22-7-4-3-5-8-22/h3-14,19-20,38H,15-18,21H2,1-2H3/b14-11+. The van der Waals surface area contributed by atoms with Gasteiger partial charge in [0.1, 0.15) is 17.2 Å². The first-order valence-corrected chi connectivity index (χ1v) is 13.7. The molecule has 1 aliphatic heterocycles. The molecule has 2 aliphatic rings. The van der Waals surface area contributed by atoms with Crippen molar-refractivity contribution < 1.29 is 22.4 Å². The van der Waals surface area contributed by atoms with Gasteiger partial charge in [-0.1, -0.05) is 42.5 Å². The molecule has 0 radical (unpaired) electrons. The highest BCUT2D eigenvalue weighted by Gasteiger charge is 2.66. The molecule has 1 amide bonds. The maximum atomic E-state index is 16.9. The molecule has 0 bridgehead atoms. The predicted octanol–water partition coefficient (Wildman–Crippen LogP) is 7.02. The molecular weight excluding hydrogens is 530 g/mol. The van der Waals surface area contributed by atoms with E-state index >= 15 is 8.78 Å². The van der Waals surface area contributed by atoms with Crippen molar-refractivity contribution in [1.29, 1.82) is 0 Å². The number of hydrogen-bond acceptors (Lipinski definition) is 2. The third kappa shape index (κ3) is 4.27. The molecule has 2 unspecified atom stereocenters. The molecule has 1 aromatic heterocycles. The zero-order valence-electron chi connectivity index (χ0n) is 22.9. The van der Waals surface area contributed by atoms with E-state index in [4.69, 9.17) is 0 Å². The van der Waals surface area contributed by atoms with Gasteiger partial charge >= 0.3 is 0 Å². The van der Waals surface area contributed by atoms with Crippen molar-refractivity contribution in [3.8, 4) is 0 Å². The Kier molecular flexibility index (Phi) is 6.57. The number of rotatable bonds is 4. The van der Waals surface area contributed by atoms with Crippen LogP contribution < -0.4 is 0 Å². The summed E-state index contributed by atoms with van der Waals surface area (Å²) in [5, 5.41) is 0.643. The highest BCUT2D eigenvalue weighted by atomic mass is 19.3. The SMILES string of the molecule is CN(C)C1(c2cccc(F)c2)CCC2(CC1(F)F)c1[nH]c3ccc(F)cc3c1CCN2C(=O)/C=C/c1ccccc1. The number of aromatic amines is 1. The molecule has 41 heavy (non-hydrogen) atoms. The van der Waals surface area contributed by atoms with E-state index in [2.05, 4.69) is 4.98 Å². The van der Waals surface area contributed by atoms with Crippen LogP contribution in [0.5, 0.6) is 0 Å². The summed E-state index contributed by atoms with van der Waals surface area (Å²) in [5.74, 6) is -4.74. The smallest absolute Gasteiger partial charge is 0.272 e. The lowest BCUT2D eigenvalue weighted by Gasteiger charge is -2.58. The van der Waals surface area contributed by atoms with Gasteiger partial charge in [0.05, 0.1) is 5.54 Å². The van der Waals surface area contributed by atoms with Crippen molar-refractivity contribution in [2.24, 2.45) is 0 Å². The van der Waals surface area contributed by atoms with Crippen LogP contribution in [0.2, 0.25) is 0 Å². The number of fused-ring (bicyclic) bond motifs is 4. The maximum Gasteiger partial charge on any atom is 0.272 e. The zero-order valence-corrected chi connectivity index (χ0v) is 22.9. The molecule has 212 valence electrons. The van der Waals surface area contributed by atoms with Gasteiger partial charge < -0.3 is 9.88 Å². The van der Waals surface area contributed by atoms with Gasteiger partial charge in [-0.05, 0) is 86.5 Å². The Bertz CT molecular complexity index is 1650. The van der Waals surface area contributed by atoms with Gasteiger partial charge in [-0.25, -0.2) is 17.6 Å². The predicted molar refractivity (Wildman–Crippen MR) is 151 cm³/mol. The molecule has 0 saturated heterocycles. The first kappa shape index (κ1) is 27.3. The third-order valence-electron chi connectivity index (χ3n) is 9.01. The molecule has 1 aliphatic carbocycles. The number of hydrogen-bond donors (Lipinski definition) is 1. The van der Waals surface area contributed by atoms with Gasteiger partial charge in [-0.2, -0.15) is 0 Å². The van der Waals surface area contributed by atoms with Gasteiger partial charge in [0.2, 0.25) is 5.91 Å². The van der Waals surface area contributed by atoms with Gasteiger partial charge in [0.25, 0.3) is 5.92 Å². The van der Waals surface area contributed by atoms with Crippen molar-refractivity contribution in [3.63, 3.8) is 0 Å². The summed E-state index contributed by atoms with van der Waals surface area (Å²) in [7, 11) is 3.17. The first-order chi connectivity index (χ1) is 19.6. The summed E-state index contributed by atoms with van der Waals surface area (Å²) >= 11 is 0. The lowest BCUT2D eigenvalue weighted by molar-refractivity contribution is -0.203. The number of nitrogens with one attached hydrogen (secondary N) is 1. The summed E-state index contributed by atoms with van der Waals surface area (Å²) in [6, 6.07) is 19.1. The Hall–Kier alpha value is -3.91. The van der Waals surface area contributed by atoms with Crippen LogP contribution in [-0.4, -0.2) is 47.3 Å². The second-order valence-corrected chi connectivity index (χ2v) is 11.3. The number of amides is 1. The highest BCUT2D eigenvalue weighted by Crippen LogP contribution is 2.59. The fourth-order valence-electron chi connectivity index (χ4n) is 7.12. The molecule has 1 fully saturated rings. The molecule has 1 N–H and O–H groups in total. The summed E-state index contributed by atoms with van der Waals surface area (Å²) in [6.45, 7) is 0.208. The molecule has 4 aromatic rings. The fraction of sp³-hybridized carbons (Fsp3) is 0.303. The first-order valence-electron chi connectivity index (χ1n) is 13.7. The number of carbonyl (C=O) groups excluding carboxylic acids is 1. The van der Waals surface area contributed by atoms with Crippen molar-refractivity contribution in [3.05, 3.63) is 113 Å². The molecule has 1 saturated carbocycles. The molecule has 6 rings (SSSR count). The van der Waals surface area contributed by atoms with Crippen LogP contribution in [0.3, 0.4) is 0 Å². The Labute approximate surface area is 236 Å². The number of benzene rings is 3. The van der Waals surface area contributed by atoms with Gasteiger partial charge in [0.15, 0.2) is 0 Å². The van der Waals surface area contributed by atoms with E-state index in [1.807, 2.05) is 30.3 Å². The number of carbonyl (C=O) groups is 1. The number of aromatic nitrogens is 1. The van der Waals surface area contributed by atoms with Crippen molar-refractivity contribution in [1.82, 2.24) is 14.8 Å². The number of H-pyrrole nitrogens is 1. The maximum absolute atomic E-state index is 16.9. The topological polar surface area (TPSA) is 39.3 Å². The molecule has 8 heteroatoms. The van der Waals surface area contributed by atoms with E-state index in [1.165, 1.54) is 41.3 Å². The van der Waals surface area contributed by atoms with E-state index in [-0.39, 0.29) is 30.9 Å². The minimum absolute atomic E-state index is 0.0359. The van der Waals surface area contributed by atoms with Crippen molar-refractivity contribution in [2.75, 3.05) is 20.6 Å².